The molecule has 25 heavy (non-hydrogen) atoms. The summed E-state index contributed by atoms with van der Waals surface area (Å²) in [6, 6.07) is 13.9. The number of nitrogens with one attached hydrogen (secondary N) is 1. The summed E-state index contributed by atoms with van der Waals surface area (Å²) in [6.07, 6.45) is 0. The normalized spacial score (nSPS) is 11.6. The topological polar surface area (TPSA) is 91.4 Å². The summed E-state index contributed by atoms with van der Waals surface area (Å²) in [4.78, 5) is 12.8. The van der Waals surface area contributed by atoms with Gasteiger partial charge in [0.1, 0.15) is 11.4 Å². The minimum atomic E-state index is -0.489. The number of rotatable bonds is 7. The number of anilines is 1. The van der Waals surface area contributed by atoms with E-state index in [9.17, 15) is 10.1 Å². The molecule has 2 aromatic rings. The maximum absolute atomic E-state index is 11.3. The van der Waals surface area contributed by atoms with E-state index in [1.54, 1.807) is 19.2 Å². The van der Waals surface area contributed by atoms with Gasteiger partial charge in [-0.1, -0.05) is 18.2 Å². The summed E-state index contributed by atoms with van der Waals surface area (Å²) in [5, 5.41) is 23.3. The Morgan fingerprint density at radius 1 is 1.32 bits per heavy atom. The van der Waals surface area contributed by atoms with E-state index in [0.29, 0.717) is 12.2 Å². The van der Waals surface area contributed by atoms with E-state index in [2.05, 4.69) is 5.32 Å². The van der Waals surface area contributed by atoms with Gasteiger partial charge in [-0.05, 0) is 32.3 Å². The van der Waals surface area contributed by atoms with Crippen LogP contribution in [0.1, 0.15) is 17.2 Å². The highest BCUT2D eigenvalue weighted by molar-refractivity contribution is 5.64. The van der Waals surface area contributed by atoms with Crippen LogP contribution in [0.25, 0.3) is 0 Å². The molecule has 130 valence electrons. The fourth-order valence-electron chi connectivity index (χ4n) is 2.62. The summed E-state index contributed by atoms with van der Waals surface area (Å²) >= 11 is 0. The first-order chi connectivity index (χ1) is 12.0. The van der Waals surface area contributed by atoms with Crippen molar-refractivity contribution < 1.29 is 9.66 Å². The molecular weight excluding hydrogens is 320 g/mol. The molecule has 0 saturated carbocycles. The van der Waals surface area contributed by atoms with Crippen LogP contribution in [0.15, 0.2) is 42.5 Å². The first-order valence-electron chi connectivity index (χ1n) is 7.69. The largest absolute Gasteiger partial charge is 0.496 e. The van der Waals surface area contributed by atoms with E-state index in [4.69, 9.17) is 10.00 Å². The molecule has 0 heterocycles. The Hall–Kier alpha value is -3.11. The fourth-order valence-corrected chi connectivity index (χ4v) is 2.62. The van der Waals surface area contributed by atoms with Crippen molar-refractivity contribution in [1.82, 2.24) is 4.90 Å². The van der Waals surface area contributed by atoms with Crippen molar-refractivity contribution in [3.63, 3.8) is 0 Å². The Morgan fingerprint density at radius 3 is 2.64 bits per heavy atom. The molecule has 0 aliphatic rings. The van der Waals surface area contributed by atoms with Gasteiger partial charge in [0, 0.05) is 18.2 Å². The Labute approximate surface area is 146 Å². The number of nitriles is 1. The van der Waals surface area contributed by atoms with E-state index < -0.39 is 4.92 Å². The number of benzene rings is 2. The SMILES string of the molecule is COc1ccccc1C(CNc1ccc(C#N)cc1[N+](=O)[O-])N(C)C. The predicted molar refractivity (Wildman–Crippen MR) is 95.7 cm³/mol. The van der Waals surface area contributed by atoms with Crippen molar-refractivity contribution in [2.24, 2.45) is 0 Å². The van der Waals surface area contributed by atoms with E-state index in [1.807, 2.05) is 49.3 Å². The Bertz CT molecular complexity index is 799. The molecule has 0 radical (unpaired) electrons. The number of para-hydroxylation sites is 1. The van der Waals surface area contributed by atoms with Crippen LogP contribution in [-0.4, -0.2) is 37.6 Å². The van der Waals surface area contributed by atoms with E-state index in [0.717, 1.165) is 11.3 Å². The minimum absolute atomic E-state index is 0.0496. The fraction of sp³-hybridized carbons (Fsp3) is 0.278. The molecule has 1 N–H and O–H groups in total. The first-order valence-corrected chi connectivity index (χ1v) is 7.69. The van der Waals surface area contributed by atoms with Crippen LogP contribution >= 0.6 is 0 Å². The third-order valence-electron chi connectivity index (χ3n) is 3.93. The number of likely N-dealkylation sites (N-methyl/N-ethyl adjacent to an activating group) is 1. The van der Waals surface area contributed by atoms with Crippen molar-refractivity contribution in [3.05, 3.63) is 63.7 Å². The Morgan fingerprint density at radius 2 is 2.04 bits per heavy atom. The second kappa shape index (κ2) is 8.13. The highest BCUT2D eigenvalue weighted by atomic mass is 16.6. The van der Waals surface area contributed by atoms with Gasteiger partial charge in [0.05, 0.1) is 29.7 Å². The Balaban J connectivity index is 2.28. The standard InChI is InChI=1S/C18H20N4O3/c1-21(2)17(14-6-4-5-7-18(14)25-3)12-20-15-9-8-13(11-19)10-16(15)22(23)24/h4-10,17,20H,12H2,1-3H3. The molecule has 7 nitrogen and oxygen atoms in total. The maximum atomic E-state index is 11.3. The summed E-state index contributed by atoms with van der Waals surface area (Å²) in [5.74, 6) is 0.761. The molecule has 0 amide bonds. The molecule has 0 aliphatic carbocycles. The number of hydrogen-bond acceptors (Lipinski definition) is 6. The van der Waals surface area contributed by atoms with Gasteiger partial charge in [-0.3, -0.25) is 10.1 Å². The van der Waals surface area contributed by atoms with Crippen LogP contribution < -0.4 is 10.1 Å². The van der Waals surface area contributed by atoms with Gasteiger partial charge in [-0.25, -0.2) is 0 Å². The lowest BCUT2D eigenvalue weighted by atomic mass is 10.0. The summed E-state index contributed by atoms with van der Waals surface area (Å²) < 4.78 is 5.42. The average molecular weight is 340 g/mol. The van der Waals surface area contributed by atoms with Crippen LogP contribution in [0.4, 0.5) is 11.4 Å². The van der Waals surface area contributed by atoms with Gasteiger partial charge < -0.3 is 15.0 Å². The van der Waals surface area contributed by atoms with Crippen LogP contribution in [-0.2, 0) is 0 Å². The van der Waals surface area contributed by atoms with Crippen LogP contribution in [0, 0.1) is 21.4 Å². The van der Waals surface area contributed by atoms with Crippen molar-refractivity contribution in [3.8, 4) is 11.8 Å². The maximum Gasteiger partial charge on any atom is 0.293 e. The monoisotopic (exact) mass is 340 g/mol. The zero-order chi connectivity index (χ0) is 18.4. The molecular formula is C18H20N4O3. The quantitative estimate of drug-likeness (QED) is 0.615. The molecule has 7 heteroatoms. The molecule has 0 aliphatic heterocycles. The number of nitro benzene ring substituents is 1. The zero-order valence-electron chi connectivity index (χ0n) is 14.4. The smallest absolute Gasteiger partial charge is 0.293 e. The number of ether oxygens (including phenoxy) is 1. The number of hydrogen-bond donors (Lipinski definition) is 1. The van der Waals surface area contributed by atoms with Gasteiger partial charge in [-0.15, -0.1) is 0 Å². The average Bonchev–Trinajstić information content (AvgIpc) is 2.61. The predicted octanol–water partition coefficient (Wildman–Crippen LogP) is 3.19. The second-order valence-corrected chi connectivity index (χ2v) is 5.70. The minimum Gasteiger partial charge on any atom is -0.496 e. The lowest BCUT2D eigenvalue weighted by molar-refractivity contribution is -0.384. The van der Waals surface area contributed by atoms with E-state index in [1.165, 1.54) is 6.07 Å². The lowest BCUT2D eigenvalue weighted by Gasteiger charge is -2.27. The van der Waals surface area contributed by atoms with Gasteiger partial charge in [0.15, 0.2) is 0 Å². The molecule has 2 aromatic carbocycles. The Kier molecular flexibility index (Phi) is 5.93. The number of nitro groups is 1. The first kappa shape index (κ1) is 18.2. The van der Waals surface area contributed by atoms with Crippen molar-refractivity contribution in [1.29, 1.82) is 5.26 Å². The second-order valence-electron chi connectivity index (χ2n) is 5.70. The number of methoxy groups -OCH3 is 1. The van der Waals surface area contributed by atoms with Crippen LogP contribution in [0.3, 0.4) is 0 Å². The van der Waals surface area contributed by atoms with E-state index >= 15 is 0 Å². The molecule has 1 unspecified atom stereocenters. The van der Waals surface area contributed by atoms with Gasteiger partial charge in [-0.2, -0.15) is 5.26 Å². The molecule has 0 bridgehead atoms. The van der Waals surface area contributed by atoms with Crippen LogP contribution in [0.2, 0.25) is 0 Å². The molecule has 1 atom stereocenters. The summed E-state index contributed by atoms with van der Waals surface area (Å²) in [5.41, 5.74) is 1.51. The third kappa shape index (κ3) is 4.25. The molecule has 0 spiro atoms. The van der Waals surface area contributed by atoms with Crippen molar-refractivity contribution >= 4 is 11.4 Å². The highest BCUT2D eigenvalue weighted by Crippen LogP contribution is 2.30. The van der Waals surface area contributed by atoms with Crippen LogP contribution in [0.5, 0.6) is 5.75 Å². The zero-order valence-corrected chi connectivity index (χ0v) is 14.4. The molecule has 0 fully saturated rings. The summed E-state index contributed by atoms with van der Waals surface area (Å²) in [6.45, 7) is 0.445. The lowest BCUT2D eigenvalue weighted by Crippen LogP contribution is -2.27. The molecule has 0 aromatic heterocycles. The van der Waals surface area contributed by atoms with Gasteiger partial charge in [0.25, 0.3) is 5.69 Å². The van der Waals surface area contributed by atoms with E-state index in [-0.39, 0.29) is 17.3 Å². The van der Waals surface area contributed by atoms with Gasteiger partial charge in [0.2, 0.25) is 0 Å². The summed E-state index contributed by atoms with van der Waals surface area (Å²) in [7, 11) is 5.49. The molecule has 2 rings (SSSR count). The molecule has 0 saturated heterocycles. The van der Waals surface area contributed by atoms with Crippen molar-refractivity contribution in [2.45, 2.75) is 6.04 Å². The van der Waals surface area contributed by atoms with Crippen molar-refractivity contribution in [2.75, 3.05) is 33.1 Å². The third-order valence-corrected chi connectivity index (χ3v) is 3.93. The van der Waals surface area contributed by atoms with Gasteiger partial charge >= 0.3 is 0 Å². The number of nitrogens with zero attached hydrogens (tertiary/aromatic N) is 3. The highest BCUT2D eigenvalue weighted by Gasteiger charge is 2.20.